The summed E-state index contributed by atoms with van der Waals surface area (Å²) in [5.74, 6) is 0.264. The molecule has 1 atom stereocenters. The van der Waals surface area contributed by atoms with Crippen molar-refractivity contribution in [3.8, 4) is 0 Å². The Hall–Kier alpha value is -1.19. The lowest BCUT2D eigenvalue weighted by atomic mass is 10.3. The van der Waals surface area contributed by atoms with Gasteiger partial charge in [0, 0.05) is 11.4 Å². The summed E-state index contributed by atoms with van der Waals surface area (Å²) in [4.78, 5) is 21.1. The van der Waals surface area contributed by atoms with Gasteiger partial charge < -0.3 is 5.32 Å². The maximum atomic E-state index is 11.9. The van der Waals surface area contributed by atoms with Gasteiger partial charge in [0.1, 0.15) is 16.2 Å². The quantitative estimate of drug-likeness (QED) is 0.660. The third-order valence-electron chi connectivity index (χ3n) is 3.16. The fourth-order valence-electron chi connectivity index (χ4n) is 2.19. The van der Waals surface area contributed by atoms with Crippen LogP contribution < -0.4 is 5.32 Å². The van der Waals surface area contributed by atoms with Crippen molar-refractivity contribution in [3.05, 3.63) is 17.8 Å². The number of amides is 1. The summed E-state index contributed by atoms with van der Waals surface area (Å²) in [7, 11) is -2.97. The highest BCUT2D eigenvalue weighted by atomic mass is 32.2. The van der Waals surface area contributed by atoms with Crippen molar-refractivity contribution in [2.75, 3.05) is 17.3 Å². The Balaban J connectivity index is 1.58. The first kappa shape index (κ1) is 14.7. The third kappa shape index (κ3) is 3.53. The van der Waals surface area contributed by atoms with Gasteiger partial charge in [-0.15, -0.1) is 11.3 Å². The first-order chi connectivity index (χ1) is 10.0. The van der Waals surface area contributed by atoms with Gasteiger partial charge in [-0.2, -0.15) is 0 Å². The Bertz CT molecular complexity index is 772. The summed E-state index contributed by atoms with van der Waals surface area (Å²) < 4.78 is 22.7. The smallest absolute Gasteiger partial charge is 0.230 e. The fourth-order valence-corrected chi connectivity index (χ4v) is 5.46. The predicted molar refractivity (Wildman–Crippen MR) is 83.3 cm³/mol. The first-order valence-corrected chi connectivity index (χ1v) is 10.0. The molecular weight excluding hydrogens is 330 g/mol. The molecule has 21 heavy (non-hydrogen) atoms. The molecule has 1 saturated heterocycles. The molecule has 2 aromatic heterocycles. The second-order valence-electron chi connectivity index (χ2n) is 4.77. The van der Waals surface area contributed by atoms with Crippen molar-refractivity contribution in [2.24, 2.45) is 0 Å². The standard InChI is InChI=1S/C12H13N3O3S3/c16-10(15-8-2-4-21(17,18)6-8)5-20-12-9-1-3-19-11(9)13-7-14-12/h1,3,7-8H,2,4-6H2,(H,15,16)/t8-/m1/s1. The number of hydrogen-bond donors (Lipinski definition) is 1. The number of fused-ring (bicyclic) bond motifs is 1. The monoisotopic (exact) mass is 343 g/mol. The number of thioether (sulfide) groups is 1. The lowest BCUT2D eigenvalue weighted by Crippen LogP contribution is -2.36. The SMILES string of the molecule is O=C(CSc1ncnc2sccc12)N[C@@H]1CCS(=O)(=O)C1. The summed E-state index contributed by atoms with van der Waals surface area (Å²) in [5.41, 5.74) is 0. The van der Waals surface area contributed by atoms with E-state index in [1.807, 2.05) is 11.4 Å². The predicted octanol–water partition coefficient (Wildman–Crippen LogP) is 1.09. The van der Waals surface area contributed by atoms with E-state index in [0.717, 1.165) is 15.2 Å². The summed E-state index contributed by atoms with van der Waals surface area (Å²) in [5, 5.41) is 6.43. The van der Waals surface area contributed by atoms with Crippen LogP contribution in [0.4, 0.5) is 0 Å². The van der Waals surface area contributed by atoms with Gasteiger partial charge in [-0.3, -0.25) is 4.79 Å². The molecule has 0 spiro atoms. The van der Waals surface area contributed by atoms with Crippen LogP contribution in [0.2, 0.25) is 0 Å². The van der Waals surface area contributed by atoms with Gasteiger partial charge >= 0.3 is 0 Å². The normalized spacial score (nSPS) is 20.7. The molecular formula is C12H13N3O3S3. The fraction of sp³-hybridized carbons (Fsp3) is 0.417. The van der Waals surface area contributed by atoms with Gasteiger partial charge in [-0.1, -0.05) is 11.8 Å². The molecule has 0 aliphatic carbocycles. The molecule has 1 aliphatic heterocycles. The number of aromatic nitrogens is 2. The van der Waals surface area contributed by atoms with Crippen molar-refractivity contribution < 1.29 is 13.2 Å². The molecule has 1 amide bonds. The van der Waals surface area contributed by atoms with Gasteiger partial charge in [0.2, 0.25) is 5.91 Å². The van der Waals surface area contributed by atoms with Gasteiger partial charge in [-0.05, 0) is 17.9 Å². The van der Waals surface area contributed by atoms with E-state index in [-0.39, 0.29) is 29.2 Å². The van der Waals surface area contributed by atoms with Crippen molar-refractivity contribution in [2.45, 2.75) is 17.5 Å². The molecule has 112 valence electrons. The minimum Gasteiger partial charge on any atom is -0.352 e. The maximum Gasteiger partial charge on any atom is 0.230 e. The summed E-state index contributed by atoms with van der Waals surface area (Å²) >= 11 is 2.87. The van der Waals surface area contributed by atoms with Crippen molar-refractivity contribution >= 4 is 49.1 Å². The van der Waals surface area contributed by atoms with Gasteiger partial charge in [0.15, 0.2) is 9.84 Å². The van der Waals surface area contributed by atoms with Crippen molar-refractivity contribution in [1.82, 2.24) is 15.3 Å². The lowest BCUT2D eigenvalue weighted by Gasteiger charge is -2.10. The zero-order valence-corrected chi connectivity index (χ0v) is 13.4. The summed E-state index contributed by atoms with van der Waals surface area (Å²) in [6.07, 6.45) is 1.99. The second kappa shape index (κ2) is 5.90. The number of carbonyl (C=O) groups excluding carboxylic acids is 1. The largest absolute Gasteiger partial charge is 0.352 e. The van der Waals surface area contributed by atoms with Crippen LogP contribution in [0.25, 0.3) is 10.2 Å². The lowest BCUT2D eigenvalue weighted by molar-refractivity contribution is -0.119. The Morgan fingerprint density at radius 3 is 3.10 bits per heavy atom. The number of carbonyl (C=O) groups is 1. The third-order valence-corrected chi connectivity index (χ3v) is 6.76. The molecule has 1 aliphatic rings. The summed E-state index contributed by atoms with van der Waals surface area (Å²) in [6.45, 7) is 0. The van der Waals surface area contributed by atoms with Gasteiger partial charge in [-0.25, -0.2) is 18.4 Å². The van der Waals surface area contributed by atoms with E-state index >= 15 is 0 Å². The van der Waals surface area contributed by atoms with E-state index in [1.165, 1.54) is 29.4 Å². The molecule has 2 aromatic rings. The molecule has 0 saturated carbocycles. The highest BCUT2D eigenvalue weighted by molar-refractivity contribution is 8.00. The molecule has 3 rings (SSSR count). The molecule has 0 radical (unpaired) electrons. The van der Waals surface area contributed by atoms with E-state index < -0.39 is 9.84 Å². The molecule has 3 heterocycles. The van der Waals surface area contributed by atoms with Crippen LogP contribution in [0.3, 0.4) is 0 Å². The van der Waals surface area contributed by atoms with Crippen LogP contribution in [0.15, 0.2) is 22.8 Å². The summed E-state index contributed by atoms with van der Waals surface area (Å²) in [6, 6.07) is 1.68. The Morgan fingerprint density at radius 2 is 2.33 bits per heavy atom. The molecule has 1 fully saturated rings. The molecule has 0 bridgehead atoms. The number of sulfone groups is 1. The average Bonchev–Trinajstić information content (AvgIpc) is 3.03. The van der Waals surface area contributed by atoms with Gasteiger partial charge in [0.05, 0.1) is 17.3 Å². The van der Waals surface area contributed by atoms with Crippen molar-refractivity contribution in [1.29, 1.82) is 0 Å². The van der Waals surface area contributed by atoms with Crippen LogP contribution in [-0.2, 0) is 14.6 Å². The Morgan fingerprint density at radius 1 is 1.48 bits per heavy atom. The highest BCUT2D eigenvalue weighted by Crippen LogP contribution is 2.27. The molecule has 0 aromatic carbocycles. The van der Waals surface area contributed by atoms with Crippen molar-refractivity contribution in [3.63, 3.8) is 0 Å². The Kier molecular flexibility index (Phi) is 4.14. The first-order valence-electron chi connectivity index (χ1n) is 6.34. The Labute approximate surface area is 130 Å². The number of nitrogens with one attached hydrogen (secondary N) is 1. The minimum absolute atomic E-state index is 0.0473. The number of hydrogen-bond acceptors (Lipinski definition) is 7. The zero-order chi connectivity index (χ0) is 14.9. The average molecular weight is 343 g/mol. The number of nitrogens with zero attached hydrogens (tertiary/aromatic N) is 2. The van der Waals surface area contributed by atoms with Crippen LogP contribution >= 0.6 is 23.1 Å². The van der Waals surface area contributed by atoms with E-state index in [1.54, 1.807) is 0 Å². The van der Waals surface area contributed by atoms with E-state index in [2.05, 4.69) is 15.3 Å². The number of thiophene rings is 1. The van der Waals surface area contributed by atoms with E-state index in [0.29, 0.717) is 6.42 Å². The molecule has 6 nitrogen and oxygen atoms in total. The zero-order valence-electron chi connectivity index (χ0n) is 11.0. The minimum atomic E-state index is -2.97. The number of rotatable bonds is 4. The topological polar surface area (TPSA) is 89.0 Å². The van der Waals surface area contributed by atoms with E-state index in [4.69, 9.17) is 0 Å². The van der Waals surface area contributed by atoms with Gasteiger partial charge in [0.25, 0.3) is 0 Å². The van der Waals surface area contributed by atoms with Crippen LogP contribution in [0.5, 0.6) is 0 Å². The molecule has 1 N–H and O–H groups in total. The molecule has 0 unspecified atom stereocenters. The van der Waals surface area contributed by atoms with Crippen LogP contribution in [-0.4, -0.2) is 47.6 Å². The second-order valence-corrected chi connectivity index (χ2v) is 8.86. The van der Waals surface area contributed by atoms with Crippen LogP contribution in [0.1, 0.15) is 6.42 Å². The molecule has 9 heteroatoms. The highest BCUT2D eigenvalue weighted by Gasteiger charge is 2.28. The maximum absolute atomic E-state index is 11.9. The van der Waals surface area contributed by atoms with Crippen LogP contribution in [0, 0.1) is 0 Å². The van der Waals surface area contributed by atoms with E-state index in [9.17, 15) is 13.2 Å².